The van der Waals surface area contributed by atoms with Gasteiger partial charge in [0.15, 0.2) is 0 Å². The summed E-state index contributed by atoms with van der Waals surface area (Å²) >= 11 is 6.10. The van der Waals surface area contributed by atoms with E-state index in [9.17, 15) is 22.4 Å². The third kappa shape index (κ3) is 8.45. The van der Waals surface area contributed by atoms with E-state index in [0.29, 0.717) is 10.6 Å². The first kappa shape index (κ1) is 32.7. The summed E-state index contributed by atoms with van der Waals surface area (Å²) in [5.41, 5.74) is 2.50. The zero-order valence-corrected chi connectivity index (χ0v) is 26.4. The second-order valence-corrected chi connectivity index (χ2v) is 13.1. The number of benzene rings is 4. The first-order valence-electron chi connectivity index (χ1n) is 14.2. The maximum Gasteiger partial charge on any atom is 0.264 e. The molecule has 4 rings (SSSR count). The number of rotatable bonds is 12. The molecular weight excluding hydrogens is 601 g/mol. The molecule has 7 nitrogen and oxygen atoms in total. The van der Waals surface area contributed by atoms with Gasteiger partial charge < -0.3 is 10.2 Å². The van der Waals surface area contributed by atoms with E-state index < -0.39 is 40.2 Å². The number of hydrogen-bond acceptors (Lipinski definition) is 4. The standard InChI is InChI=1S/C34H35ClFN3O4S/c1-24(2)37-34(41)32(21-26-7-5-4-6-8-26)38(22-27-11-15-29(36)16-12-27)33(40)23-39(30-17-13-28(35)14-18-30)44(42,43)31-19-9-25(3)10-20-31/h4-20,24,32H,21-23H2,1-3H3,(H,37,41). The Hall–Kier alpha value is -4.21. The Morgan fingerprint density at radius 3 is 2.05 bits per heavy atom. The Balaban J connectivity index is 1.79. The highest BCUT2D eigenvalue weighted by Crippen LogP contribution is 2.26. The van der Waals surface area contributed by atoms with Crippen LogP contribution in [0.25, 0.3) is 0 Å². The molecule has 0 bridgehead atoms. The SMILES string of the molecule is Cc1ccc(S(=O)(=O)N(CC(=O)N(Cc2ccc(F)cc2)C(Cc2ccccc2)C(=O)NC(C)C)c2ccc(Cl)cc2)cc1. The van der Waals surface area contributed by atoms with Crippen molar-refractivity contribution < 1.29 is 22.4 Å². The van der Waals surface area contributed by atoms with Crippen LogP contribution in [-0.2, 0) is 32.6 Å². The Morgan fingerprint density at radius 2 is 1.45 bits per heavy atom. The summed E-state index contributed by atoms with van der Waals surface area (Å²) in [7, 11) is -4.22. The Kier molecular flexibility index (Phi) is 10.8. The molecule has 10 heteroatoms. The second kappa shape index (κ2) is 14.5. The van der Waals surface area contributed by atoms with Crippen LogP contribution in [0.4, 0.5) is 10.1 Å². The molecule has 0 radical (unpaired) electrons. The van der Waals surface area contributed by atoms with Gasteiger partial charge in [-0.15, -0.1) is 0 Å². The lowest BCUT2D eigenvalue weighted by Gasteiger charge is -2.34. The van der Waals surface area contributed by atoms with E-state index in [-0.39, 0.29) is 29.6 Å². The van der Waals surface area contributed by atoms with Crippen LogP contribution < -0.4 is 9.62 Å². The van der Waals surface area contributed by atoms with Gasteiger partial charge in [0.25, 0.3) is 10.0 Å². The molecule has 4 aromatic rings. The van der Waals surface area contributed by atoms with Gasteiger partial charge in [-0.2, -0.15) is 0 Å². The van der Waals surface area contributed by atoms with E-state index in [1.807, 2.05) is 51.1 Å². The van der Waals surface area contributed by atoms with Crippen molar-refractivity contribution in [2.75, 3.05) is 10.8 Å². The summed E-state index contributed by atoms with van der Waals surface area (Å²) in [5, 5.41) is 3.31. The Labute approximate surface area is 263 Å². The number of hydrogen-bond donors (Lipinski definition) is 1. The fourth-order valence-corrected chi connectivity index (χ4v) is 6.23. The monoisotopic (exact) mass is 635 g/mol. The maximum absolute atomic E-state index is 14.4. The molecule has 1 N–H and O–H groups in total. The maximum atomic E-state index is 14.4. The number of sulfonamides is 1. The lowest BCUT2D eigenvalue weighted by atomic mass is 10.0. The van der Waals surface area contributed by atoms with Crippen LogP contribution in [-0.4, -0.2) is 43.8 Å². The van der Waals surface area contributed by atoms with Crippen LogP contribution in [0.1, 0.15) is 30.5 Å². The van der Waals surface area contributed by atoms with Crippen molar-refractivity contribution in [3.05, 3.63) is 131 Å². The quantitative estimate of drug-likeness (QED) is 0.202. The van der Waals surface area contributed by atoms with E-state index in [4.69, 9.17) is 11.6 Å². The van der Waals surface area contributed by atoms with Crippen molar-refractivity contribution in [3.63, 3.8) is 0 Å². The van der Waals surface area contributed by atoms with Gasteiger partial charge in [-0.3, -0.25) is 13.9 Å². The molecule has 1 atom stereocenters. The summed E-state index contributed by atoms with van der Waals surface area (Å²) in [6, 6.07) is 26.2. The van der Waals surface area contributed by atoms with E-state index in [2.05, 4.69) is 5.32 Å². The fourth-order valence-electron chi connectivity index (χ4n) is 4.69. The number of nitrogens with zero attached hydrogens (tertiary/aromatic N) is 2. The fraction of sp³-hybridized carbons (Fsp3) is 0.235. The topological polar surface area (TPSA) is 86.8 Å². The van der Waals surface area contributed by atoms with Gasteiger partial charge in [-0.25, -0.2) is 12.8 Å². The van der Waals surface area contributed by atoms with Crippen LogP contribution >= 0.6 is 11.6 Å². The minimum absolute atomic E-state index is 0.00863. The summed E-state index contributed by atoms with van der Waals surface area (Å²) < 4.78 is 42.8. The number of halogens is 2. The van der Waals surface area contributed by atoms with Crippen molar-refractivity contribution in [1.82, 2.24) is 10.2 Å². The van der Waals surface area contributed by atoms with Crippen molar-refractivity contribution in [3.8, 4) is 0 Å². The van der Waals surface area contributed by atoms with E-state index in [0.717, 1.165) is 15.4 Å². The number of carbonyl (C=O) groups is 2. The van der Waals surface area contributed by atoms with Gasteiger partial charge >= 0.3 is 0 Å². The molecule has 0 aliphatic rings. The van der Waals surface area contributed by atoms with Crippen LogP contribution in [0, 0.1) is 12.7 Å². The third-order valence-corrected chi connectivity index (χ3v) is 9.01. The van der Waals surface area contributed by atoms with Crippen molar-refractivity contribution in [2.45, 2.75) is 50.7 Å². The van der Waals surface area contributed by atoms with Crippen molar-refractivity contribution in [1.29, 1.82) is 0 Å². The zero-order chi connectivity index (χ0) is 31.9. The highest BCUT2D eigenvalue weighted by molar-refractivity contribution is 7.92. The van der Waals surface area contributed by atoms with Gasteiger partial charge in [0, 0.05) is 24.0 Å². The number of carbonyl (C=O) groups excluding carboxylic acids is 2. The van der Waals surface area contributed by atoms with Gasteiger partial charge in [-0.05, 0) is 80.4 Å². The van der Waals surface area contributed by atoms with Gasteiger partial charge in [0.2, 0.25) is 11.8 Å². The first-order chi connectivity index (χ1) is 20.9. The molecule has 44 heavy (non-hydrogen) atoms. The first-order valence-corrected chi connectivity index (χ1v) is 16.0. The smallest absolute Gasteiger partial charge is 0.264 e. The van der Waals surface area contributed by atoms with Gasteiger partial charge in [0.1, 0.15) is 18.4 Å². The average molecular weight is 636 g/mol. The van der Waals surface area contributed by atoms with Crippen LogP contribution in [0.2, 0.25) is 5.02 Å². The molecule has 0 saturated heterocycles. The van der Waals surface area contributed by atoms with Crippen molar-refractivity contribution >= 4 is 39.1 Å². The van der Waals surface area contributed by atoms with Gasteiger partial charge in [0.05, 0.1) is 10.6 Å². The lowest BCUT2D eigenvalue weighted by molar-refractivity contribution is -0.140. The molecule has 2 amide bonds. The molecule has 0 heterocycles. The molecule has 0 aromatic heterocycles. The normalized spacial score (nSPS) is 12.0. The molecule has 0 aliphatic heterocycles. The largest absolute Gasteiger partial charge is 0.352 e. The van der Waals surface area contributed by atoms with Crippen LogP contribution in [0.5, 0.6) is 0 Å². The molecule has 0 saturated carbocycles. The Bertz CT molecular complexity index is 1660. The van der Waals surface area contributed by atoms with Gasteiger partial charge in [-0.1, -0.05) is 71.8 Å². The van der Waals surface area contributed by atoms with E-state index in [1.165, 1.54) is 53.4 Å². The number of nitrogens with one attached hydrogen (secondary N) is 1. The number of anilines is 1. The molecule has 0 spiro atoms. The van der Waals surface area contributed by atoms with Crippen molar-refractivity contribution in [2.24, 2.45) is 0 Å². The zero-order valence-electron chi connectivity index (χ0n) is 24.8. The lowest BCUT2D eigenvalue weighted by Crippen LogP contribution is -2.54. The minimum atomic E-state index is -4.22. The Morgan fingerprint density at radius 1 is 0.841 bits per heavy atom. The highest BCUT2D eigenvalue weighted by atomic mass is 35.5. The average Bonchev–Trinajstić information content (AvgIpc) is 2.99. The van der Waals surface area contributed by atoms with Crippen LogP contribution in [0.15, 0.2) is 108 Å². The minimum Gasteiger partial charge on any atom is -0.352 e. The summed E-state index contributed by atoms with van der Waals surface area (Å²) in [5.74, 6) is -1.44. The molecule has 0 fully saturated rings. The van der Waals surface area contributed by atoms with E-state index >= 15 is 0 Å². The highest BCUT2D eigenvalue weighted by Gasteiger charge is 2.34. The number of aryl methyl sites for hydroxylation is 1. The molecule has 0 aliphatic carbocycles. The molecule has 1 unspecified atom stereocenters. The predicted octanol–water partition coefficient (Wildman–Crippen LogP) is 6.15. The molecular formula is C34H35ClFN3O4S. The number of amides is 2. The molecule has 230 valence electrons. The summed E-state index contributed by atoms with van der Waals surface area (Å²) in [6.45, 7) is 4.83. The third-order valence-electron chi connectivity index (χ3n) is 6.97. The second-order valence-electron chi connectivity index (χ2n) is 10.8. The predicted molar refractivity (Wildman–Crippen MR) is 171 cm³/mol. The summed E-state index contributed by atoms with van der Waals surface area (Å²) in [4.78, 5) is 29.4. The summed E-state index contributed by atoms with van der Waals surface area (Å²) in [6.07, 6.45) is 0.179. The molecule has 4 aromatic carbocycles. The van der Waals surface area contributed by atoms with Crippen LogP contribution in [0.3, 0.4) is 0 Å². The van der Waals surface area contributed by atoms with E-state index in [1.54, 1.807) is 24.3 Å².